The lowest BCUT2D eigenvalue weighted by Gasteiger charge is -2.39. The van der Waals surface area contributed by atoms with Crippen molar-refractivity contribution in [3.63, 3.8) is 0 Å². The highest BCUT2D eigenvalue weighted by Gasteiger charge is 2.29. The third-order valence-electron chi connectivity index (χ3n) is 3.89. The van der Waals surface area contributed by atoms with Crippen LogP contribution in [0.5, 0.6) is 0 Å². The Morgan fingerprint density at radius 1 is 1.39 bits per heavy atom. The molecule has 2 unspecified atom stereocenters. The van der Waals surface area contributed by atoms with E-state index in [0.717, 1.165) is 19.0 Å². The van der Waals surface area contributed by atoms with Crippen LogP contribution in [0.15, 0.2) is 24.5 Å². The Morgan fingerprint density at radius 3 is 2.89 bits per heavy atom. The standard InChI is InChI=1S/C15H25N3/c1-3-8-17-12-14-5-4-11-18(2)15(14)13-6-9-16-10-7-13/h6-7,9-10,14-15,17H,3-5,8,11-12H2,1-2H3. The molecule has 1 saturated heterocycles. The Labute approximate surface area is 111 Å². The van der Waals surface area contributed by atoms with Gasteiger partial charge < -0.3 is 5.32 Å². The average molecular weight is 247 g/mol. The minimum atomic E-state index is 0.547. The normalized spacial score (nSPS) is 25.2. The van der Waals surface area contributed by atoms with E-state index in [2.05, 4.69) is 41.3 Å². The lowest BCUT2D eigenvalue weighted by atomic mass is 9.85. The fraction of sp³-hybridized carbons (Fsp3) is 0.667. The summed E-state index contributed by atoms with van der Waals surface area (Å²) in [5.41, 5.74) is 1.41. The van der Waals surface area contributed by atoms with Crippen molar-refractivity contribution < 1.29 is 0 Å². The van der Waals surface area contributed by atoms with Gasteiger partial charge in [0.05, 0.1) is 0 Å². The van der Waals surface area contributed by atoms with E-state index in [1.807, 2.05) is 12.4 Å². The fourth-order valence-electron chi connectivity index (χ4n) is 3.02. The van der Waals surface area contributed by atoms with Crippen LogP contribution in [0, 0.1) is 5.92 Å². The maximum absolute atomic E-state index is 4.13. The Bertz CT molecular complexity index is 339. The molecule has 3 heteroatoms. The number of likely N-dealkylation sites (tertiary alicyclic amines) is 1. The molecule has 1 N–H and O–H groups in total. The van der Waals surface area contributed by atoms with Crippen LogP contribution >= 0.6 is 0 Å². The summed E-state index contributed by atoms with van der Waals surface area (Å²) >= 11 is 0. The summed E-state index contributed by atoms with van der Waals surface area (Å²) in [5.74, 6) is 0.720. The summed E-state index contributed by atoms with van der Waals surface area (Å²) in [4.78, 5) is 6.63. The van der Waals surface area contributed by atoms with E-state index in [9.17, 15) is 0 Å². The van der Waals surface area contributed by atoms with Gasteiger partial charge in [0.15, 0.2) is 0 Å². The number of nitrogens with one attached hydrogen (secondary N) is 1. The zero-order valence-electron chi connectivity index (χ0n) is 11.6. The molecule has 0 aromatic carbocycles. The highest BCUT2D eigenvalue weighted by Crippen LogP contribution is 2.34. The molecule has 0 amide bonds. The highest BCUT2D eigenvalue weighted by molar-refractivity contribution is 5.17. The Hall–Kier alpha value is -0.930. The van der Waals surface area contributed by atoms with Crippen molar-refractivity contribution in [2.45, 2.75) is 32.2 Å². The van der Waals surface area contributed by atoms with Crippen molar-refractivity contribution in [1.29, 1.82) is 0 Å². The largest absolute Gasteiger partial charge is 0.316 e. The molecule has 0 spiro atoms. The number of piperidine rings is 1. The van der Waals surface area contributed by atoms with E-state index in [1.165, 1.54) is 31.4 Å². The minimum absolute atomic E-state index is 0.547. The minimum Gasteiger partial charge on any atom is -0.316 e. The number of pyridine rings is 1. The molecule has 18 heavy (non-hydrogen) atoms. The first-order valence-corrected chi connectivity index (χ1v) is 7.13. The molecule has 0 aliphatic carbocycles. The van der Waals surface area contributed by atoms with E-state index < -0.39 is 0 Å². The summed E-state index contributed by atoms with van der Waals surface area (Å²) in [5, 5.41) is 3.58. The molecule has 2 atom stereocenters. The average Bonchev–Trinajstić information content (AvgIpc) is 2.40. The van der Waals surface area contributed by atoms with E-state index in [-0.39, 0.29) is 0 Å². The van der Waals surface area contributed by atoms with Crippen molar-refractivity contribution in [2.24, 2.45) is 5.92 Å². The molecule has 1 aliphatic rings. The number of hydrogen-bond acceptors (Lipinski definition) is 3. The van der Waals surface area contributed by atoms with Crippen molar-refractivity contribution in [2.75, 3.05) is 26.7 Å². The number of aromatic nitrogens is 1. The van der Waals surface area contributed by atoms with Crippen LogP contribution in [0.2, 0.25) is 0 Å². The van der Waals surface area contributed by atoms with E-state index in [1.54, 1.807) is 0 Å². The second-order valence-corrected chi connectivity index (χ2v) is 5.31. The Balaban J connectivity index is 2.06. The van der Waals surface area contributed by atoms with Crippen LogP contribution < -0.4 is 5.32 Å². The van der Waals surface area contributed by atoms with Gasteiger partial charge in [0, 0.05) is 18.4 Å². The van der Waals surface area contributed by atoms with Gasteiger partial charge >= 0.3 is 0 Å². The SMILES string of the molecule is CCCNCC1CCCN(C)C1c1ccncc1. The van der Waals surface area contributed by atoms with Gasteiger partial charge in [0.2, 0.25) is 0 Å². The molecule has 1 aromatic heterocycles. The summed E-state index contributed by atoms with van der Waals surface area (Å²) in [6.45, 7) is 5.69. The highest BCUT2D eigenvalue weighted by atomic mass is 15.1. The van der Waals surface area contributed by atoms with Crippen molar-refractivity contribution in [1.82, 2.24) is 15.2 Å². The summed E-state index contributed by atoms with van der Waals surface area (Å²) in [6.07, 6.45) is 7.68. The molecular formula is C15H25N3. The van der Waals surface area contributed by atoms with Crippen LogP contribution in [0.25, 0.3) is 0 Å². The van der Waals surface area contributed by atoms with E-state index >= 15 is 0 Å². The third-order valence-corrected chi connectivity index (χ3v) is 3.89. The lowest BCUT2D eigenvalue weighted by Crippen LogP contribution is -2.40. The summed E-state index contributed by atoms with van der Waals surface area (Å²) in [7, 11) is 2.25. The molecule has 2 heterocycles. The maximum atomic E-state index is 4.13. The fourth-order valence-corrected chi connectivity index (χ4v) is 3.02. The van der Waals surface area contributed by atoms with Crippen LogP contribution in [0.1, 0.15) is 37.8 Å². The quantitative estimate of drug-likeness (QED) is 0.810. The number of hydrogen-bond donors (Lipinski definition) is 1. The molecule has 100 valence electrons. The molecule has 1 fully saturated rings. The van der Waals surface area contributed by atoms with Gasteiger partial charge in [-0.2, -0.15) is 0 Å². The van der Waals surface area contributed by atoms with Gasteiger partial charge in [-0.3, -0.25) is 9.88 Å². The first-order chi connectivity index (χ1) is 8.83. The second-order valence-electron chi connectivity index (χ2n) is 5.31. The van der Waals surface area contributed by atoms with Gasteiger partial charge in [-0.15, -0.1) is 0 Å². The Kier molecular flexibility index (Phi) is 5.14. The van der Waals surface area contributed by atoms with Crippen molar-refractivity contribution >= 4 is 0 Å². The molecule has 2 rings (SSSR count). The van der Waals surface area contributed by atoms with Crippen LogP contribution in [0.4, 0.5) is 0 Å². The van der Waals surface area contributed by atoms with Crippen molar-refractivity contribution in [3.05, 3.63) is 30.1 Å². The molecule has 1 aromatic rings. The van der Waals surface area contributed by atoms with Gasteiger partial charge in [0.25, 0.3) is 0 Å². The smallest absolute Gasteiger partial charge is 0.0386 e. The van der Waals surface area contributed by atoms with E-state index in [4.69, 9.17) is 0 Å². The maximum Gasteiger partial charge on any atom is 0.0386 e. The van der Waals surface area contributed by atoms with Gasteiger partial charge in [-0.05, 0) is 69.6 Å². The van der Waals surface area contributed by atoms with Crippen LogP contribution in [0.3, 0.4) is 0 Å². The first-order valence-electron chi connectivity index (χ1n) is 7.13. The van der Waals surface area contributed by atoms with Gasteiger partial charge in [0.1, 0.15) is 0 Å². The molecule has 1 aliphatic heterocycles. The topological polar surface area (TPSA) is 28.2 Å². The molecule has 3 nitrogen and oxygen atoms in total. The second kappa shape index (κ2) is 6.86. The van der Waals surface area contributed by atoms with Crippen LogP contribution in [-0.4, -0.2) is 36.6 Å². The number of nitrogens with zero attached hydrogens (tertiary/aromatic N) is 2. The predicted octanol–water partition coefficient (Wildman–Crippen LogP) is 2.46. The van der Waals surface area contributed by atoms with Crippen LogP contribution in [-0.2, 0) is 0 Å². The third kappa shape index (κ3) is 3.30. The summed E-state index contributed by atoms with van der Waals surface area (Å²) < 4.78 is 0. The number of rotatable bonds is 5. The molecule has 0 radical (unpaired) electrons. The molecule has 0 saturated carbocycles. The lowest BCUT2D eigenvalue weighted by molar-refractivity contribution is 0.119. The first kappa shape index (κ1) is 13.5. The van der Waals surface area contributed by atoms with Gasteiger partial charge in [-0.1, -0.05) is 6.92 Å². The van der Waals surface area contributed by atoms with Gasteiger partial charge in [-0.25, -0.2) is 0 Å². The zero-order valence-corrected chi connectivity index (χ0v) is 11.6. The van der Waals surface area contributed by atoms with Crippen molar-refractivity contribution in [3.8, 4) is 0 Å². The van der Waals surface area contributed by atoms with E-state index in [0.29, 0.717) is 6.04 Å². The summed E-state index contributed by atoms with van der Waals surface area (Å²) in [6, 6.07) is 4.88. The Morgan fingerprint density at radius 2 is 2.17 bits per heavy atom. The molecule has 0 bridgehead atoms. The predicted molar refractivity (Wildman–Crippen MR) is 75.5 cm³/mol. The zero-order chi connectivity index (χ0) is 12.8. The molecular weight excluding hydrogens is 222 g/mol. The monoisotopic (exact) mass is 247 g/mol.